The smallest absolute Gasteiger partial charge is 0.227 e. The number of nitrogens with two attached hydrogens (primary N) is 1. The molecule has 19 heavy (non-hydrogen) atoms. The van der Waals surface area contributed by atoms with Crippen LogP contribution in [0.3, 0.4) is 0 Å². The number of hydrogen-bond acceptors (Lipinski definition) is 4. The molecule has 100 valence electrons. The molecule has 0 aliphatic rings. The van der Waals surface area contributed by atoms with Crippen molar-refractivity contribution in [1.82, 2.24) is 9.97 Å². The molecule has 0 spiro atoms. The summed E-state index contributed by atoms with van der Waals surface area (Å²) in [5.74, 6) is 1.72. The highest BCUT2D eigenvalue weighted by molar-refractivity contribution is 5.44. The number of rotatable bonds is 5. The van der Waals surface area contributed by atoms with Crippen molar-refractivity contribution in [2.45, 2.75) is 33.1 Å². The van der Waals surface area contributed by atoms with Crippen LogP contribution in [0.4, 0.5) is 5.82 Å². The van der Waals surface area contributed by atoms with E-state index in [-0.39, 0.29) is 0 Å². The Hall–Kier alpha value is -2.10. The van der Waals surface area contributed by atoms with E-state index in [1.165, 1.54) is 24.7 Å². The second kappa shape index (κ2) is 6.18. The molecule has 0 atom stereocenters. The Morgan fingerprint density at radius 3 is 2.58 bits per heavy atom. The van der Waals surface area contributed by atoms with Crippen molar-refractivity contribution in [1.29, 1.82) is 0 Å². The summed E-state index contributed by atoms with van der Waals surface area (Å²) in [6.07, 6.45) is 4.93. The average molecular weight is 257 g/mol. The van der Waals surface area contributed by atoms with Gasteiger partial charge in [0.25, 0.3) is 0 Å². The molecule has 2 aromatic rings. The maximum absolute atomic E-state index is 5.72. The minimum Gasteiger partial charge on any atom is -0.439 e. The number of aromatic nitrogens is 2. The van der Waals surface area contributed by atoms with Gasteiger partial charge in [0.2, 0.25) is 5.88 Å². The van der Waals surface area contributed by atoms with Crippen molar-refractivity contribution in [2.75, 3.05) is 5.73 Å². The molecule has 2 N–H and O–H groups in total. The van der Waals surface area contributed by atoms with E-state index in [9.17, 15) is 0 Å². The number of nitrogen functional groups attached to an aromatic ring is 1. The molecule has 1 aromatic heterocycles. The fourth-order valence-electron chi connectivity index (χ4n) is 1.77. The van der Waals surface area contributed by atoms with E-state index in [1.54, 1.807) is 0 Å². The van der Waals surface area contributed by atoms with Gasteiger partial charge in [-0.2, -0.15) is 0 Å². The van der Waals surface area contributed by atoms with Gasteiger partial charge in [-0.1, -0.05) is 25.5 Å². The summed E-state index contributed by atoms with van der Waals surface area (Å²) in [4.78, 5) is 8.01. The summed E-state index contributed by atoms with van der Waals surface area (Å²) < 4.78 is 5.72. The van der Waals surface area contributed by atoms with Crippen LogP contribution in [0.1, 0.15) is 30.9 Å². The lowest BCUT2D eigenvalue weighted by Gasteiger charge is -2.08. The van der Waals surface area contributed by atoms with Gasteiger partial charge in [-0.05, 0) is 37.5 Å². The number of unbranched alkanes of at least 4 members (excludes halogenated alkanes) is 1. The first-order valence-corrected chi connectivity index (χ1v) is 6.54. The van der Waals surface area contributed by atoms with Gasteiger partial charge in [0.05, 0.1) is 5.56 Å². The van der Waals surface area contributed by atoms with Gasteiger partial charge in [-0.15, -0.1) is 0 Å². The highest BCUT2D eigenvalue weighted by Gasteiger charge is 2.06. The summed E-state index contributed by atoms with van der Waals surface area (Å²) in [6.45, 7) is 4.04. The van der Waals surface area contributed by atoms with Crippen LogP contribution in [-0.4, -0.2) is 9.97 Å². The van der Waals surface area contributed by atoms with Crippen LogP contribution in [0.25, 0.3) is 0 Å². The zero-order chi connectivity index (χ0) is 13.7. The van der Waals surface area contributed by atoms with Crippen LogP contribution >= 0.6 is 0 Å². The first-order valence-electron chi connectivity index (χ1n) is 6.54. The minimum atomic E-state index is 0.449. The first kappa shape index (κ1) is 13.3. The average Bonchev–Trinajstić information content (AvgIpc) is 2.43. The second-order valence-corrected chi connectivity index (χ2v) is 4.54. The van der Waals surface area contributed by atoms with Crippen LogP contribution in [0.2, 0.25) is 0 Å². The molecular formula is C15H19N3O. The molecule has 0 saturated carbocycles. The fraction of sp³-hybridized carbons (Fsp3) is 0.333. The van der Waals surface area contributed by atoms with Crippen molar-refractivity contribution in [2.24, 2.45) is 0 Å². The normalized spacial score (nSPS) is 10.4. The third-order valence-electron chi connectivity index (χ3n) is 3.03. The van der Waals surface area contributed by atoms with E-state index < -0.39 is 0 Å². The molecule has 0 amide bonds. The predicted molar refractivity (Wildman–Crippen MR) is 76.3 cm³/mol. The number of hydrogen-bond donors (Lipinski definition) is 1. The maximum atomic E-state index is 5.72. The van der Waals surface area contributed by atoms with Gasteiger partial charge in [0, 0.05) is 0 Å². The molecule has 0 unspecified atom stereocenters. The van der Waals surface area contributed by atoms with E-state index >= 15 is 0 Å². The minimum absolute atomic E-state index is 0.449. The third kappa shape index (κ3) is 3.44. The highest BCUT2D eigenvalue weighted by Crippen LogP contribution is 2.25. The summed E-state index contributed by atoms with van der Waals surface area (Å²) in [6, 6.07) is 8.10. The van der Waals surface area contributed by atoms with Crippen LogP contribution in [0, 0.1) is 6.92 Å². The third-order valence-corrected chi connectivity index (χ3v) is 3.03. The number of ether oxygens (including phenoxy) is 1. The molecule has 1 heterocycles. The molecule has 0 bridgehead atoms. The Morgan fingerprint density at radius 1 is 1.16 bits per heavy atom. The molecular weight excluding hydrogens is 238 g/mol. The lowest BCUT2D eigenvalue weighted by Crippen LogP contribution is -1.99. The van der Waals surface area contributed by atoms with Gasteiger partial charge in [0.15, 0.2) is 0 Å². The molecule has 1 aromatic carbocycles. The van der Waals surface area contributed by atoms with Crippen LogP contribution in [-0.2, 0) is 6.42 Å². The van der Waals surface area contributed by atoms with Crippen molar-refractivity contribution < 1.29 is 4.74 Å². The molecule has 4 nitrogen and oxygen atoms in total. The molecule has 0 aliphatic carbocycles. The van der Waals surface area contributed by atoms with Gasteiger partial charge >= 0.3 is 0 Å². The summed E-state index contributed by atoms with van der Waals surface area (Å²) in [7, 11) is 0. The SMILES string of the molecule is CCCCc1ccc(Oc2ncnc(N)c2C)cc1. The van der Waals surface area contributed by atoms with Gasteiger partial charge < -0.3 is 10.5 Å². The van der Waals surface area contributed by atoms with E-state index in [0.29, 0.717) is 11.7 Å². The lowest BCUT2D eigenvalue weighted by molar-refractivity contribution is 0.457. The van der Waals surface area contributed by atoms with Crippen LogP contribution in [0.15, 0.2) is 30.6 Å². The van der Waals surface area contributed by atoms with Crippen molar-refractivity contribution in [3.8, 4) is 11.6 Å². The summed E-state index contributed by atoms with van der Waals surface area (Å²) in [5.41, 5.74) is 7.81. The maximum Gasteiger partial charge on any atom is 0.227 e. The Balaban J connectivity index is 2.09. The standard InChI is InChI=1S/C15H19N3O/c1-3-4-5-12-6-8-13(9-7-12)19-15-11(2)14(16)17-10-18-15/h6-10H,3-5H2,1-2H3,(H2,16,17,18). The highest BCUT2D eigenvalue weighted by atomic mass is 16.5. The largest absolute Gasteiger partial charge is 0.439 e. The zero-order valence-corrected chi connectivity index (χ0v) is 11.4. The van der Waals surface area contributed by atoms with E-state index in [2.05, 4.69) is 29.0 Å². The van der Waals surface area contributed by atoms with E-state index in [1.807, 2.05) is 19.1 Å². The van der Waals surface area contributed by atoms with Crippen LogP contribution in [0.5, 0.6) is 11.6 Å². The molecule has 2 rings (SSSR count). The first-order chi connectivity index (χ1) is 9.20. The molecule has 0 saturated heterocycles. The van der Waals surface area contributed by atoms with Crippen LogP contribution < -0.4 is 10.5 Å². The Bertz CT molecular complexity index is 538. The monoisotopic (exact) mass is 257 g/mol. The molecule has 0 aliphatic heterocycles. The van der Waals surface area contributed by atoms with Crippen molar-refractivity contribution in [3.63, 3.8) is 0 Å². The van der Waals surface area contributed by atoms with E-state index in [4.69, 9.17) is 10.5 Å². The number of benzene rings is 1. The Morgan fingerprint density at radius 2 is 1.89 bits per heavy atom. The quantitative estimate of drug-likeness (QED) is 0.890. The molecule has 0 fully saturated rings. The summed E-state index contributed by atoms with van der Waals surface area (Å²) >= 11 is 0. The Kier molecular flexibility index (Phi) is 4.34. The molecule has 0 radical (unpaired) electrons. The van der Waals surface area contributed by atoms with Crippen molar-refractivity contribution in [3.05, 3.63) is 41.7 Å². The van der Waals surface area contributed by atoms with Gasteiger partial charge in [-0.25, -0.2) is 9.97 Å². The van der Waals surface area contributed by atoms with Gasteiger partial charge in [0.1, 0.15) is 17.9 Å². The second-order valence-electron chi connectivity index (χ2n) is 4.54. The van der Waals surface area contributed by atoms with Gasteiger partial charge in [-0.3, -0.25) is 0 Å². The predicted octanol–water partition coefficient (Wildman–Crippen LogP) is 3.50. The van der Waals surface area contributed by atoms with E-state index in [0.717, 1.165) is 17.7 Å². The number of anilines is 1. The molecule has 4 heteroatoms. The Labute approximate surface area is 113 Å². The van der Waals surface area contributed by atoms with Crippen molar-refractivity contribution >= 4 is 5.82 Å². The number of aryl methyl sites for hydroxylation is 1. The lowest BCUT2D eigenvalue weighted by atomic mass is 10.1. The number of nitrogens with zero attached hydrogens (tertiary/aromatic N) is 2. The zero-order valence-electron chi connectivity index (χ0n) is 11.4. The topological polar surface area (TPSA) is 61.0 Å². The summed E-state index contributed by atoms with van der Waals surface area (Å²) in [5, 5.41) is 0. The fourth-order valence-corrected chi connectivity index (χ4v) is 1.77.